The van der Waals surface area contributed by atoms with Crippen LogP contribution < -0.4 is 10.9 Å². The number of hydrogen-bond donors (Lipinski definition) is 3. The quantitative estimate of drug-likeness (QED) is 0.269. The van der Waals surface area contributed by atoms with Gasteiger partial charge in [-0.05, 0) is 52.7 Å². The first-order chi connectivity index (χ1) is 16.5. The van der Waals surface area contributed by atoms with E-state index in [-0.39, 0.29) is 11.3 Å². The van der Waals surface area contributed by atoms with Crippen molar-refractivity contribution in [3.05, 3.63) is 117 Å². The summed E-state index contributed by atoms with van der Waals surface area (Å²) in [5, 5.41) is 17.3. The van der Waals surface area contributed by atoms with Gasteiger partial charge in [0, 0.05) is 22.5 Å². The van der Waals surface area contributed by atoms with Crippen LogP contribution in [0.2, 0.25) is 5.02 Å². The number of nitrogens with one attached hydrogen (secondary N) is 2. The molecule has 0 saturated carbocycles. The Morgan fingerprint density at radius 1 is 0.912 bits per heavy atom. The van der Waals surface area contributed by atoms with E-state index in [1.165, 1.54) is 0 Å². The molecule has 0 aliphatic heterocycles. The van der Waals surface area contributed by atoms with Gasteiger partial charge in [0.25, 0.3) is 5.56 Å². The first-order valence-corrected chi connectivity index (χ1v) is 11.3. The van der Waals surface area contributed by atoms with Crippen molar-refractivity contribution >= 4 is 44.7 Å². The van der Waals surface area contributed by atoms with Gasteiger partial charge in [-0.1, -0.05) is 66.2 Å². The summed E-state index contributed by atoms with van der Waals surface area (Å²) in [6.45, 7) is 0. The first kappa shape index (κ1) is 21.7. The Morgan fingerprint density at radius 2 is 1.62 bits per heavy atom. The number of benzene rings is 4. The van der Waals surface area contributed by atoms with Crippen LogP contribution in [0, 0.1) is 0 Å². The predicted octanol–water partition coefficient (Wildman–Crippen LogP) is 5.95. The van der Waals surface area contributed by atoms with Gasteiger partial charge in [0.1, 0.15) is 11.3 Å². The summed E-state index contributed by atoms with van der Waals surface area (Å²) in [6.07, 6.45) is 0.300. The molecular formula is C28H21ClN2O3. The zero-order valence-electron chi connectivity index (χ0n) is 18.1. The van der Waals surface area contributed by atoms with E-state index >= 15 is 0 Å². The monoisotopic (exact) mass is 468 g/mol. The molecular weight excluding hydrogens is 448 g/mol. The Morgan fingerprint density at radius 3 is 2.41 bits per heavy atom. The number of halogens is 1. The molecule has 1 aromatic heterocycles. The van der Waals surface area contributed by atoms with Gasteiger partial charge < -0.3 is 15.4 Å². The van der Waals surface area contributed by atoms with Gasteiger partial charge in [-0.2, -0.15) is 0 Å². The van der Waals surface area contributed by atoms with Gasteiger partial charge in [0.15, 0.2) is 5.78 Å². The molecule has 4 aromatic carbocycles. The number of anilines is 1. The molecule has 34 heavy (non-hydrogen) atoms. The number of aromatic nitrogens is 1. The summed E-state index contributed by atoms with van der Waals surface area (Å²) in [5.41, 5.74) is 1.20. The number of hydrogen-bond acceptors (Lipinski definition) is 4. The molecule has 0 amide bonds. The van der Waals surface area contributed by atoms with Crippen LogP contribution in [0.15, 0.2) is 95.8 Å². The molecule has 0 spiro atoms. The highest BCUT2D eigenvalue weighted by Crippen LogP contribution is 2.27. The van der Waals surface area contributed by atoms with Crippen LogP contribution in [0.3, 0.4) is 0 Å². The summed E-state index contributed by atoms with van der Waals surface area (Å²) >= 11 is 6.03. The summed E-state index contributed by atoms with van der Waals surface area (Å²) in [4.78, 5) is 29.3. The number of carbonyl (C=O) groups excluding carboxylic acids is 1. The highest BCUT2D eigenvalue weighted by Gasteiger charge is 2.27. The van der Waals surface area contributed by atoms with Crippen molar-refractivity contribution in [2.24, 2.45) is 0 Å². The average Bonchev–Trinajstić information content (AvgIpc) is 2.85. The normalized spacial score (nSPS) is 12.0. The third-order valence-electron chi connectivity index (χ3n) is 5.90. The fourth-order valence-electron chi connectivity index (χ4n) is 4.17. The van der Waals surface area contributed by atoms with Crippen LogP contribution in [0.4, 0.5) is 5.69 Å². The van der Waals surface area contributed by atoms with Gasteiger partial charge >= 0.3 is 0 Å². The van der Waals surface area contributed by atoms with Crippen molar-refractivity contribution in [3.63, 3.8) is 0 Å². The van der Waals surface area contributed by atoms with Gasteiger partial charge in [-0.25, -0.2) is 0 Å². The molecule has 0 saturated heterocycles. The van der Waals surface area contributed by atoms with Crippen molar-refractivity contribution in [1.29, 1.82) is 0 Å². The minimum absolute atomic E-state index is 0.258. The Hall–Kier alpha value is -4.09. The Labute approximate surface area is 200 Å². The van der Waals surface area contributed by atoms with E-state index in [9.17, 15) is 14.7 Å². The maximum atomic E-state index is 13.7. The van der Waals surface area contributed by atoms with E-state index in [4.69, 9.17) is 11.6 Å². The lowest BCUT2D eigenvalue weighted by Crippen LogP contribution is -2.35. The number of ketones is 1. The van der Waals surface area contributed by atoms with E-state index in [0.717, 1.165) is 22.0 Å². The molecule has 6 heteroatoms. The third kappa shape index (κ3) is 4.26. The summed E-state index contributed by atoms with van der Waals surface area (Å²) in [7, 11) is 0. The topological polar surface area (TPSA) is 82.2 Å². The van der Waals surface area contributed by atoms with Crippen molar-refractivity contribution < 1.29 is 9.90 Å². The summed E-state index contributed by atoms with van der Waals surface area (Å²) in [5.74, 6) is -0.807. The Bertz CT molecular complexity index is 1580. The second kappa shape index (κ2) is 9.04. The van der Waals surface area contributed by atoms with Crippen LogP contribution >= 0.6 is 11.6 Å². The molecule has 3 N–H and O–H groups in total. The molecule has 5 aromatic rings. The molecule has 0 radical (unpaired) electrons. The minimum atomic E-state index is -0.796. The Kier molecular flexibility index (Phi) is 5.78. The lowest BCUT2D eigenvalue weighted by atomic mass is 9.96. The molecule has 1 heterocycles. The van der Waals surface area contributed by atoms with E-state index in [1.807, 2.05) is 54.6 Å². The number of aromatic amines is 1. The highest BCUT2D eigenvalue weighted by molar-refractivity contribution is 6.30. The predicted molar refractivity (Wildman–Crippen MR) is 137 cm³/mol. The molecule has 0 fully saturated rings. The summed E-state index contributed by atoms with van der Waals surface area (Å²) < 4.78 is 0. The molecule has 5 nitrogen and oxygen atoms in total. The van der Waals surface area contributed by atoms with Crippen LogP contribution in [0.1, 0.15) is 15.9 Å². The number of H-pyrrole nitrogens is 1. The Balaban J connectivity index is 1.57. The number of Topliss-reactive ketones (excluding diaryl/α,β-unsaturated/α-hetero) is 1. The number of rotatable bonds is 6. The highest BCUT2D eigenvalue weighted by atomic mass is 35.5. The second-order valence-electron chi connectivity index (χ2n) is 8.18. The fraction of sp³-hybridized carbons (Fsp3) is 0.0714. The zero-order chi connectivity index (χ0) is 23.7. The molecule has 1 atom stereocenters. The number of carbonyl (C=O) groups is 1. The lowest BCUT2D eigenvalue weighted by molar-refractivity contribution is 0.0965. The van der Waals surface area contributed by atoms with Crippen molar-refractivity contribution in [2.75, 3.05) is 5.32 Å². The van der Waals surface area contributed by atoms with E-state index in [2.05, 4.69) is 10.3 Å². The smallest absolute Gasteiger partial charge is 0.263 e. The SMILES string of the molecule is O=C(c1c(O)c2ccccc2[nH]c1=O)C(Cc1ccc(Cl)cc1)Nc1ccc2ccccc2c1. The minimum Gasteiger partial charge on any atom is -0.506 e. The van der Waals surface area contributed by atoms with Crippen LogP contribution in [0.5, 0.6) is 5.75 Å². The van der Waals surface area contributed by atoms with E-state index in [1.54, 1.807) is 36.4 Å². The molecule has 0 aliphatic carbocycles. The molecule has 1 unspecified atom stereocenters. The number of aromatic hydroxyl groups is 1. The number of para-hydroxylation sites is 1. The molecule has 0 aliphatic rings. The van der Waals surface area contributed by atoms with E-state index < -0.39 is 17.4 Å². The van der Waals surface area contributed by atoms with Crippen molar-refractivity contribution in [1.82, 2.24) is 4.98 Å². The molecule has 0 bridgehead atoms. The zero-order valence-corrected chi connectivity index (χ0v) is 18.8. The average molecular weight is 469 g/mol. The van der Waals surface area contributed by atoms with Crippen LogP contribution in [-0.4, -0.2) is 21.9 Å². The van der Waals surface area contributed by atoms with Gasteiger partial charge in [-0.15, -0.1) is 0 Å². The summed E-state index contributed by atoms with van der Waals surface area (Å²) in [6, 6.07) is 27.0. The first-order valence-electron chi connectivity index (χ1n) is 10.9. The largest absolute Gasteiger partial charge is 0.506 e. The maximum Gasteiger partial charge on any atom is 0.263 e. The van der Waals surface area contributed by atoms with Crippen LogP contribution in [-0.2, 0) is 6.42 Å². The molecule has 168 valence electrons. The van der Waals surface area contributed by atoms with Gasteiger partial charge in [0.05, 0.1) is 11.6 Å². The standard InChI is InChI=1S/C28H21ClN2O3/c29-20-12-9-17(10-13-20)15-24(30-21-14-11-18-5-1-2-6-19(18)16-21)27(33)25-26(32)22-7-3-4-8-23(22)31-28(25)34/h1-14,16,24,30H,15H2,(H2,31,32,34). The van der Waals surface area contributed by atoms with Crippen LogP contribution in [0.25, 0.3) is 21.7 Å². The van der Waals surface area contributed by atoms with Gasteiger partial charge in [-0.3, -0.25) is 9.59 Å². The van der Waals surface area contributed by atoms with E-state index in [0.29, 0.717) is 22.3 Å². The number of fused-ring (bicyclic) bond motifs is 2. The second-order valence-corrected chi connectivity index (χ2v) is 8.61. The van der Waals surface area contributed by atoms with Crippen molar-refractivity contribution in [2.45, 2.75) is 12.5 Å². The fourth-order valence-corrected chi connectivity index (χ4v) is 4.30. The maximum absolute atomic E-state index is 13.7. The molecule has 5 rings (SSSR count). The van der Waals surface area contributed by atoms with Crippen molar-refractivity contribution in [3.8, 4) is 5.75 Å². The third-order valence-corrected chi connectivity index (χ3v) is 6.15. The lowest BCUT2D eigenvalue weighted by Gasteiger charge is -2.20. The number of pyridine rings is 1. The van der Waals surface area contributed by atoms with Gasteiger partial charge in [0.2, 0.25) is 0 Å².